The molecule has 0 fully saturated rings. The number of carboxylic acid groups (broad SMARTS) is 2. The number of rotatable bonds is 9. The molecule has 1 heterocycles. The van der Waals surface area contributed by atoms with Gasteiger partial charge >= 0.3 is 11.9 Å². The standard InChI is InChI=1S/C21H18O10.2Na/c1-28-17-7-12(5-6-13(17)20(24)25)29-9-11(22)10-30-15-3-2-4-16-19(15)14(23)8-18(31-16)21(26)27;;/h2-8,11,22H,9-10H2,1H3,(H,24,25)(H,26,27);;. The Labute approximate surface area is 231 Å². The molecule has 2 radical (unpaired) electrons. The van der Waals surface area contributed by atoms with E-state index in [2.05, 4.69) is 0 Å². The van der Waals surface area contributed by atoms with Crippen molar-refractivity contribution in [2.75, 3.05) is 20.3 Å². The van der Waals surface area contributed by atoms with Gasteiger partial charge in [0.05, 0.1) is 7.11 Å². The smallest absolute Gasteiger partial charge is 0.371 e. The monoisotopic (exact) mass is 476 g/mol. The Morgan fingerprint density at radius 3 is 2.30 bits per heavy atom. The van der Waals surface area contributed by atoms with Crippen molar-refractivity contribution in [3.05, 3.63) is 64.0 Å². The number of aromatic carboxylic acids is 2. The quantitative estimate of drug-likeness (QED) is 0.385. The van der Waals surface area contributed by atoms with Crippen LogP contribution in [0.15, 0.2) is 51.7 Å². The zero-order valence-corrected chi connectivity index (χ0v) is 22.2. The molecular formula is C21H18Na2O10. The van der Waals surface area contributed by atoms with Gasteiger partial charge in [0.25, 0.3) is 0 Å². The first-order valence-electron chi connectivity index (χ1n) is 8.95. The number of hydrogen-bond acceptors (Lipinski definition) is 8. The van der Waals surface area contributed by atoms with Crippen molar-refractivity contribution in [2.45, 2.75) is 6.10 Å². The van der Waals surface area contributed by atoms with Crippen molar-refractivity contribution in [3.8, 4) is 17.2 Å². The summed E-state index contributed by atoms with van der Waals surface area (Å²) in [5.41, 5.74) is -0.580. The molecule has 0 amide bonds. The molecule has 1 atom stereocenters. The Balaban J connectivity index is 0.00000272. The molecule has 0 saturated carbocycles. The number of carboxylic acids is 2. The summed E-state index contributed by atoms with van der Waals surface area (Å²) in [6.07, 6.45) is -1.09. The van der Waals surface area contributed by atoms with E-state index in [-0.39, 0.29) is 106 Å². The summed E-state index contributed by atoms with van der Waals surface area (Å²) in [4.78, 5) is 34.4. The van der Waals surface area contributed by atoms with E-state index < -0.39 is 29.2 Å². The van der Waals surface area contributed by atoms with Crippen LogP contribution in [0.4, 0.5) is 0 Å². The van der Waals surface area contributed by atoms with Gasteiger partial charge in [0.15, 0.2) is 5.43 Å². The Hall–Kier alpha value is -2.05. The van der Waals surface area contributed by atoms with E-state index in [0.717, 1.165) is 6.07 Å². The topological polar surface area (TPSA) is 153 Å². The van der Waals surface area contributed by atoms with Crippen LogP contribution in [-0.4, -0.2) is 113 Å². The van der Waals surface area contributed by atoms with Gasteiger partial charge < -0.3 is 33.9 Å². The number of hydrogen-bond donors (Lipinski definition) is 3. The fourth-order valence-corrected chi connectivity index (χ4v) is 2.77. The molecule has 0 spiro atoms. The average molecular weight is 476 g/mol. The number of fused-ring (bicyclic) bond motifs is 1. The van der Waals surface area contributed by atoms with Crippen LogP contribution in [0.25, 0.3) is 11.0 Å². The maximum Gasteiger partial charge on any atom is 0.371 e. The van der Waals surface area contributed by atoms with Crippen LogP contribution in [0.2, 0.25) is 0 Å². The Bertz CT molecular complexity index is 1190. The SMILES string of the molecule is COc1cc(OCC(O)COc2cccc3oc(C(=O)O)cc(=O)c23)ccc1C(=O)O.[Na].[Na]. The van der Waals surface area contributed by atoms with Crippen molar-refractivity contribution in [2.24, 2.45) is 0 Å². The summed E-state index contributed by atoms with van der Waals surface area (Å²) in [5.74, 6) is -2.49. The molecule has 164 valence electrons. The third kappa shape index (κ3) is 7.21. The summed E-state index contributed by atoms with van der Waals surface area (Å²) >= 11 is 0. The van der Waals surface area contributed by atoms with Gasteiger partial charge in [-0.3, -0.25) is 4.79 Å². The predicted octanol–water partition coefficient (Wildman–Crippen LogP) is 1.26. The Morgan fingerprint density at radius 2 is 1.67 bits per heavy atom. The molecule has 12 heteroatoms. The van der Waals surface area contributed by atoms with Gasteiger partial charge in [-0.1, -0.05) is 6.07 Å². The van der Waals surface area contributed by atoms with Crippen LogP contribution >= 0.6 is 0 Å². The maximum absolute atomic E-state index is 12.3. The number of methoxy groups -OCH3 is 1. The van der Waals surface area contributed by atoms with Crippen molar-refractivity contribution < 1.29 is 43.5 Å². The zero-order valence-electron chi connectivity index (χ0n) is 18.2. The molecule has 2 aromatic carbocycles. The van der Waals surface area contributed by atoms with Gasteiger partial charge in [0.2, 0.25) is 5.76 Å². The third-order valence-corrected chi connectivity index (χ3v) is 4.20. The van der Waals surface area contributed by atoms with Gasteiger partial charge in [0, 0.05) is 71.2 Å². The molecule has 0 aliphatic rings. The van der Waals surface area contributed by atoms with Gasteiger partial charge in [-0.25, -0.2) is 9.59 Å². The number of aliphatic hydroxyl groups excluding tert-OH is 1. The summed E-state index contributed by atoms with van der Waals surface area (Å²) in [6.45, 7) is -0.415. The van der Waals surface area contributed by atoms with Gasteiger partial charge in [-0.2, -0.15) is 0 Å². The molecule has 10 nitrogen and oxygen atoms in total. The Morgan fingerprint density at radius 1 is 0.970 bits per heavy atom. The maximum atomic E-state index is 12.3. The largest absolute Gasteiger partial charge is 0.496 e. The van der Waals surface area contributed by atoms with Crippen molar-refractivity contribution >= 4 is 82.0 Å². The second-order valence-corrected chi connectivity index (χ2v) is 6.35. The van der Waals surface area contributed by atoms with Crippen LogP contribution in [0, 0.1) is 0 Å². The van der Waals surface area contributed by atoms with E-state index >= 15 is 0 Å². The first-order valence-corrected chi connectivity index (χ1v) is 8.95. The molecule has 1 aromatic heterocycles. The van der Waals surface area contributed by atoms with Gasteiger partial charge in [-0.15, -0.1) is 0 Å². The zero-order chi connectivity index (χ0) is 22.5. The molecule has 0 bridgehead atoms. The molecule has 0 saturated heterocycles. The molecule has 33 heavy (non-hydrogen) atoms. The first kappa shape index (κ1) is 29.0. The van der Waals surface area contributed by atoms with Crippen LogP contribution < -0.4 is 19.6 Å². The molecule has 3 aromatic rings. The van der Waals surface area contributed by atoms with E-state index in [1.807, 2.05) is 0 Å². The van der Waals surface area contributed by atoms with E-state index in [9.17, 15) is 19.5 Å². The second-order valence-electron chi connectivity index (χ2n) is 6.35. The molecule has 0 aliphatic heterocycles. The molecule has 1 unspecified atom stereocenters. The van der Waals surface area contributed by atoms with E-state index in [1.54, 1.807) is 0 Å². The molecule has 3 N–H and O–H groups in total. The summed E-state index contributed by atoms with van der Waals surface area (Å²) in [7, 11) is 1.33. The summed E-state index contributed by atoms with van der Waals surface area (Å²) < 4.78 is 21.1. The van der Waals surface area contributed by atoms with Crippen molar-refractivity contribution in [3.63, 3.8) is 0 Å². The normalized spacial score (nSPS) is 11.0. The fraction of sp³-hybridized carbons (Fsp3) is 0.190. The minimum Gasteiger partial charge on any atom is -0.496 e. The first-order chi connectivity index (χ1) is 14.8. The summed E-state index contributed by atoms with van der Waals surface area (Å²) in [5, 5.41) is 28.3. The van der Waals surface area contributed by atoms with Crippen molar-refractivity contribution in [1.29, 1.82) is 0 Å². The van der Waals surface area contributed by atoms with Crippen LogP contribution in [0.1, 0.15) is 20.9 Å². The molecular weight excluding hydrogens is 458 g/mol. The van der Waals surface area contributed by atoms with E-state index in [4.69, 9.17) is 28.8 Å². The fourth-order valence-electron chi connectivity index (χ4n) is 2.77. The average Bonchev–Trinajstić information content (AvgIpc) is 2.75. The van der Waals surface area contributed by atoms with E-state index in [0.29, 0.717) is 0 Å². The molecule has 0 aliphatic carbocycles. The minimum absolute atomic E-state index is 0. The van der Waals surface area contributed by atoms with E-state index in [1.165, 1.54) is 43.5 Å². The number of benzene rings is 2. The number of aliphatic hydroxyl groups is 1. The van der Waals surface area contributed by atoms with Crippen molar-refractivity contribution in [1.82, 2.24) is 0 Å². The predicted molar refractivity (Wildman–Crippen MR) is 118 cm³/mol. The second kappa shape index (κ2) is 13.0. The minimum atomic E-state index is -1.37. The molecule has 3 rings (SSSR count). The van der Waals surface area contributed by atoms with Gasteiger partial charge in [0.1, 0.15) is 53.1 Å². The Kier molecular flexibility index (Phi) is 11.4. The van der Waals surface area contributed by atoms with Gasteiger partial charge in [-0.05, 0) is 24.3 Å². The number of ether oxygens (including phenoxy) is 3. The summed E-state index contributed by atoms with van der Waals surface area (Å²) in [6, 6.07) is 9.42. The third-order valence-electron chi connectivity index (χ3n) is 4.20. The van der Waals surface area contributed by atoms with Crippen LogP contribution in [0.3, 0.4) is 0 Å². The van der Waals surface area contributed by atoms with Crippen LogP contribution in [-0.2, 0) is 0 Å². The number of carbonyl (C=O) groups is 2. The van der Waals surface area contributed by atoms with Crippen LogP contribution in [0.5, 0.6) is 17.2 Å².